The molecule has 1 amide bonds. The van der Waals surface area contributed by atoms with Crippen molar-refractivity contribution in [1.29, 1.82) is 0 Å². The second kappa shape index (κ2) is 8.62. The Morgan fingerprint density at radius 1 is 0.815 bits per heavy atom. The molecule has 0 spiro atoms. The molecule has 0 radical (unpaired) electrons. The van der Waals surface area contributed by atoms with Crippen molar-refractivity contribution in [3.63, 3.8) is 0 Å². The molecular formula is C21H16FNO4. The van der Waals surface area contributed by atoms with Crippen molar-refractivity contribution < 1.29 is 23.5 Å². The molecule has 1 N–H and O–H groups in total. The van der Waals surface area contributed by atoms with Gasteiger partial charge in [0, 0.05) is 11.3 Å². The van der Waals surface area contributed by atoms with E-state index in [0.717, 1.165) is 0 Å². The fraction of sp³-hybridized carbons (Fsp3) is 0.0476. The molecule has 3 aromatic carbocycles. The molecule has 0 saturated heterocycles. The van der Waals surface area contributed by atoms with Crippen molar-refractivity contribution in [2.75, 3.05) is 11.9 Å². The van der Waals surface area contributed by atoms with Crippen LogP contribution in [0.25, 0.3) is 0 Å². The molecule has 0 saturated carbocycles. The summed E-state index contributed by atoms with van der Waals surface area (Å²) in [5, 5.41) is 2.76. The van der Waals surface area contributed by atoms with Crippen LogP contribution in [0.4, 0.5) is 10.1 Å². The summed E-state index contributed by atoms with van der Waals surface area (Å²) in [4.78, 5) is 23.9. The molecule has 0 heterocycles. The lowest BCUT2D eigenvalue weighted by molar-refractivity contribution is -0.136. The van der Waals surface area contributed by atoms with Crippen LogP contribution in [-0.2, 0) is 4.79 Å². The quantitative estimate of drug-likeness (QED) is 0.528. The Balaban J connectivity index is 1.50. The summed E-state index contributed by atoms with van der Waals surface area (Å²) in [6.07, 6.45) is 0. The van der Waals surface area contributed by atoms with Gasteiger partial charge in [0.25, 0.3) is 5.91 Å². The molecule has 3 rings (SSSR count). The Morgan fingerprint density at radius 3 is 2.11 bits per heavy atom. The van der Waals surface area contributed by atoms with E-state index in [-0.39, 0.29) is 18.3 Å². The van der Waals surface area contributed by atoms with Crippen molar-refractivity contribution in [3.05, 3.63) is 90.2 Å². The number of nitrogens with one attached hydrogen (secondary N) is 1. The average molecular weight is 365 g/mol. The van der Waals surface area contributed by atoms with E-state index in [1.807, 2.05) is 6.07 Å². The number of carbonyl (C=O) groups excluding carboxylic acids is 2. The fourth-order valence-electron chi connectivity index (χ4n) is 2.23. The maximum atomic E-state index is 12.8. The van der Waals surface area contributed by atoms with E-state index in [0.29, 0.717) is 22.7 Å². The zero-order valence-electron chi connectivity index (χ0n) is 14.2. The van der Waals surface area contributed by atoms with Crippen LogP contribution in [0.5, 0.6) is 11.5 Å². The van der Waals surface area contributed by atoms with Gasteiger partial charge in [0.05, 0.1) is 0 Å². The number of halogens is 1. The zero-order valence-corrected chi connectivity index (χ0v) is 14.2. The van der Waals surface area contributed by atoms with E-state index in [1.54, 1.807) is 48.5 Å². The van der Waals surface area contributed by atoms with Gasteiger partial charge in [-0.05, 0) is 60.7 Å². The second-order valence-corrected chi connectivity index (χ2v) is 5.56. The number of anilines is 1. The first-order chi connectivity index (χ1) is 13.1. The Morgan fingerprint density at radius 2 is 1.44 bits per heavy atom. The van der Waals surface area contributed by atoms with E-state index in [2.05, 4.69) is 5.32 Å². The molecule has 0 unspecified atom stereocenters. The van der Waals surface area contributed by atoms with E-state index >= 15 is 0 Å². The molecule has 5 nitrogen and oxygen atoms in total. The van der Waals surface area contributed by atoms with Crippen LogP contribution >= 0.6 is 0 Å². The van der Waals surface area contributed by atoms with Crippen LogP contribution in [0.1, 0.15) is 10.4 Å². The van der Waals surface area contributed by atoms with Crippen molar-refractivity contribution >= 4 is 17.6 Å². The highest BCUT2D eigenvalue weighted by Crippen LogP contribution is 2.17. The van der Waals surface area contributed by atoms with Crippen molar-refractivity contribution in [2.24, 2.45) is 0 Å². The lowest BCUT2D eigenvalue weighted by atomic mass is 10.2. The highest BCUT2D eigenvalue weighted by Gasteiger charge is 2.08. The SMILES string of the molecule is O=C(COc1ccc(F)cc1)Oc1ccc(NC(=O)c2ccccc2)cc1. The Labute approximate surface area is 155 Å². The van der Waals surface area contributed by atoms with Gasteiger partial charge < -0.3 is 14.8 Å². The minimum Gasteiger partial charge on any atom is -0.482 e. The lowest BCUT2D eigenvalue weighted by Gasteiger charge is -2.08. The molecule has 3 aromatic rings. The van der Waals surface area contributed by atoms with E-state index in [9.17, 15) is 14.0 Å². The molecule has 0 bridgehead atoms. The largest absolute Gasteiger partial charge is 0.482 e. The standard InChI is InChI=1S/C21H16FNO4/c22-16-6-10-18(11-7-16)26-14-20(24)27-19-12-8-17(9-13-19)23-21(25)15-4-2-1-3-5-15/h1-13H,14H2,(H,23,25). The number of rotatable bonds is 6. The summed E-state index contributed by atoms with van der Waals surface area (Å²) in [5.74, 6) is -0.523. The molecule has 27 heavy (non-hydrogen) atoms. The first-order valence-electron chi connectivity index (χ1n) is 8.16. The summed E-state index contributed by atoms with van der Waals surface area (Å²) in [5.41, 5.74) is 1.12. The Kier molecular flexibility index (Phi) is 5.79. The Bertz CT molecular complexity index is 909. The van der Waals surface area contributed by atoms with Crippen molar-refractivity contribution in [3.8, 4) is 11.5 Å². The molecule has 0 aliphatic rings. The van der Waals surface area contributed by atoms with E-state index in [4.69, 9.17) is 9.47 Å². The van der Waals surface area contributed by atoms with Gasteiger partial charge in [-0.15, -0.1) is 0 Å². The molecular weight excluding hydrogens is 349 g/mol. The third-order valence-corrected chi connectivity index (χ3v) is 3.55. The smallest absolute Gasteiger partial charge is 0.349 e. The lowest BCUT2D eigenvalue weighted by Crippen LogP contribution is -2.17. The minimum absolute atomic E-state index is 0.229. The number of carbonyl (C=O) groups is 2. The van der Waals surface area contributed by atoms with Crippen LogP contribution in [0, 0.1) is 5.82 Å². The normalized spacial score (nSPS) is 10.1. The highest BCUT2D eigenvalue weighted by atomic mass is 19.1. The number of hydrogen-bond donors (Lipinski definition) is 1. The highest BCUT2D eigenvalue weighted by molar-refractivity contribution is 6.04. The first-order valence-corrected chi connectivity index (χ1v) is 8.16. The van der Waals surface area contributed by atoms with Gasteiger partial charge in [-0.1, -0.05) is 18.2 Å². The summed E-state index contributed by atoms with van der Waals surface area (Å²) in [7, 11) is 0. The number of hydrogen-bond acceptors (Lipinski definition) is 4. The predicted molar refractivity (Wildman–Crippen MR) is 98.4 cm³/mol. The number of benzene rings is 3. The second-order valence-electron chi connectivity index (χ2n) is 5.56. The summed E-state index contributed by atoms with van der Waals surface area (Å²) in [6.45, 7) is -0.307. The van der Waals surface area contributed by atoms with E-state index < -0.39 is 5.97 Å². The third kappa shape index (κ3) is 5.40. The molecule has 0 aliphatic carbocycles. The summed E-state index contributed by atoms with van der Waals surface area (Å²) in [6, 6.07) is 20.5. The maximum Gasteiger partial charge on any atom is 0.349 e. The molecule has 6 heteroatoms. The fourth-order valence-corrected chi connectivity index (χ4v) is 2.23. The maximum absolute atomic E-state index is 12.8. The summed E-state index contributed by atoms with van der Waals surface area (Å²) < 4.78 is 23.2. The molecule has 0 atom stereocenters. The predicted octanol–water partition coefficient (Wildman–Crippen LogP) is 4.06. The van der Waals surface area contributed by atoms with Gasteiger partial charge in [-0.3, -0.25) is 4.79 Å². The van der Waals surface area contributed by atoms with Crippen LogP contribution < -0.4 is 14.8 Å². The molecule has 136 valence electrons. The summed E-state index contributed by atoms with van der Waals surface area (Å²) >= 11 is 0. The van der Waals surface area contributed by atoms with Gasteiger partial charge in [0.15, 0.2) is 6.61 Å². The zero-order chi connectivity index (χ0) is 19.1. The molecule has 0 aliphatic heterocycles. The Hall–Kier alpha value is -3.67. The third-order valence-electron chi connectivity index (χ3n) is 3.55. The van der Waals surface area contributed by atoms with E-state index in [1.165, 1.54) is 24.3 Å². The average Bonchev–Trinajstić information content (AvgIpc) is 2.70. The number of ether oxygens (including phenoxy) is 2. The monoisotopic (exact) mass is 365 g/mol. The van der Waals surface area contributed by atoms with Gasteiger partial charge in [0.1, 0.15) is 17.3 Å². The van der Waals surface area contributed by atoms with Gasteiger partial charge in [0.2, 0.25) is 0 Å². The minimum atomic E-state index is -0.597. The topological polar surface area (TPSA) is 64.6 Å². The van der Waals surface area contributed by atoms with Gasteiger partial charge in [-0.2, -0.15) is 0 Å². The number of amides is 1. The van der Waals surface area contributed by atoms with Crippen molar-refractivity contribution in [1.82, 2.24) is 0 Å². The van der Waals surface area contributed by atoms with Crippen LogP contribution in [-0.4, -0.2) is 18.5 Å². The number of esters is 1. The van der Waals surface area contributed by atoms with Crippen molar-refractivity contribution in [2.45, 2.75) is 0 Å². The molecule has 0 aromatic heterocycles. The van der Waals surface area contributed by atoms with Crippen LogP contribution in [0.2, 0.25) is 0 Å². The molecule has 0 fully saturated rings. The first kappa shape index (κ1) is 18.1. The van der Waals surface area contributed by atoms with Crippen LogP contribution in [0.3, 0.4) is 0 Å². The van der Waals surface area contributed by atoms with Crippen LogP contribution in [0.15, 0.2) is 78.9 Å². The van der Waals surface area contributed by atoms with Gasteiger partial charge in [-0.25, -0.2) is 9.18 Å². The van der Waals surface area contributed by atoms with Gasteiger partial charge >= 0.3 is 5.97 Å².